The minimum absolute atomic E-state index is 0.139. The summed E-state index contributed by atoms with van der Waals surface area (Å²) in [6.45, 7) is 4.68. The number of fused-ring (bicyclic) bond motifs is 5. The molecule has 5 unspecified atom stereocenters. The van der Waals surface area contributed by atoms with E-state index >= 15 is 0 Å². The van der Waals surface area contributed by atoms with E-state index in [0.717, 1.165) is 38.5 Å². The number of terminal acetylenes is 1. The van der Waals surface area contributed by atoms with E-state index in [0.29, 0.717) is 48.4 Å². The molecular weight excluding hydrogens is 398 g/mol. The average Bonchev–Trinajstić information content (AvgIpc) is 3.06. The minimum atomic E-state index is -0.840. The molecule has 170 valence electrons. The first kappa shape index (κ1) is 21.6. The van der Waals surface area contributed by atoms with Gasteiger partial charge in [-0.1, -0.05) is 37.5 Å². The van der Waals surface area contributed by atoms with Crippen molar-refractivity contribution in [3.05, 3.63) is 35.7 Å². The SMILES string of the molecule is C#C[C@]1(OC(=O)C2=CN(C)C=CC2)CCC2C3CC=C4CC(=O)CCC4(C)C3CCC21C. The Balaban J connectivity index is 1.42. The van der Waals surface area contributed by atoms with Crippen molar-refractivity contribution in [2.45, 2.75) is 77.2 Å². The van der Waals surface area contributed by atoms with Gasteiger partial charge >= 0.3 is 5.97 Å². The number of hydrogen-bond acceptors (Lipinski definition) is 4. The second-order valence-corrected chi connectivity index (χ2v) is 11.2. The van der Waals surface area contributed by atoms with Gasteiger partial charge in [0, 0.05) is 37.9 Å². The maximum Gasteiger partial charge on any atom is 0.337 e. The number of carbonyl (C=O) groups excluding carboxylic acids is 2. The van der Waals surface area contributed by atoms with E-state index in [9.17, 15) is 9.59 Å². The van der Waals surface area contributed by atoms with Crippen molar-refractivity contribution >= 4 is 11.8 Å². The molecule has 3 saturated carbocycles. The number of rotatable bonds is 2. The summed E-state index contributed by atoms with van der Waals surface area (Å²) in [5.41, 5.74) is 1.14. The van der Waals surface area contributed by atoms with Crippen molar-refractivity contribution in [3.8, 4) is 12.3 Å². The molecule has 0 aromatic carbocycles. The van der Waals surface area contributed by atoms with Gasteiger partial charge in [0.2, 0.25) is 0 Å². The first-order valence-electron chi connectivity index (χ1n) is 12.2. The Morgan fingerprint density at radius 1 is 1.22 bits per heavy atom. The highest BCUT2D eigenvalue weighted by atomic mass is 16.6. The van der Waals surface area contributed by atoms with Gasteiger partial charge in [-0.3, -0.25) is 4.79 Å². The van der Waals surface area contributed by atoms with Crippen LogP contribution in [0, 0.1) is 40.9 Å². The second-order valence-electron chi connectivity index (χ2n) is 11.2. The van der Waals surface area contributed by atoms with E-state index < -0.39 is 5.60 Å². The molecule has 5 rings (SSSR count). The molecule has 0 N–H and O–H groups in total. The lowest BCUT2D eigenvalue weighted by atomic mass is 9.47. The summed E-state index contributed by atoms with van der Waals surface area (Å²) in [6, 6.07) is 0. The number of nitrogens with zero attached hydrogens (tertiary/aromatic N) is 1. The molecular formula is C28H35NO3. The largest absolute Gasteiger partial charge is 0.442 e. The first-order valence-corrected chi connectivity index (χ1v) is 12.2. The molecule has 0 aromatic heterocycles. The van der Waals surface area contributed by atoms with E-state index in [-0.39, 0.29) is 16.8 Å². The van der Waals surface area contributed by atoms with Crippen molar-refractivity contribution in [1.82, 2.24) is 4.90 Å². The minimum Gasteiger partial charge on any atom is -0.442 e. The van der Waals surface area contributed by atoms with Crippen molar-refractivity contribution in [2.75, 3.05) is 7.05 Å². The Morgan fingerprint density at radius 3 is 2.75 bits per heavy atom. The quantitative estimate of drug-likeness (QED) is 0.343. The maximum atomic E-state index is 13.1. The molecule has 0 bridgehead atoms. The van der Waals surface area contributed by atoms with Gasteiger partial charge < -0.3 is 9.64 Å². The second kappa shape index (κ2) is 7.37. The Labute approximate surface area is 192 Å². The number of allylic oxidation sites excluding steroid dienone is 3. The molecule has 6 atom stereocenters. The van der Waals surface area contributed by atoms with Crippen molar-refractivity contribution in [3.63, 3.8) is 0 Å². The summed E-state index contributed by atoms with van der Waals surface area (Å²) in [4.78, 5) is 27.1. The van der Waals surface area contributed by atoms with Crippen LogP contribution >= 0.6 is 0 Å². The molecule has 4 heteroatoms. The number of esters is 1. The van der Waals surface area contributed by atoms with Crippen LogP contribution in [-0.2, 0) is 14.3 Å². The number of Topliss-reactive ketones (excluding diaryl/α,β-unsaturated/α-hetero) is 1. The van der Waals surface area contributed by atoms with E-state index in [4.69, 9.17) is 11.2 Å². The monoisotopic (exact) mass is 433 g/mol. The summed E-state index contributed by atoms with van der Waals surface area (Å²) in [5.74, 6) is 4.71. The predicted molar refractivity (Wildman–Crippen MR) is 124 cm³/mol. The smallest absolute Gasteiger partial charge is 0.337 e. The van der Waals surface area contributed by atoms with Crippen LogP contribution in [-0.4, -0.2) is 29.3 Å². The molecule has 0 aromatic rings. The zero-order valence-electron chi connectivity index (χ0n) is 19.7. The molecule has 0 radical (unpaired) electrons. The van der Waals surface area contributed by atoms with Gasteiger partial charge in [0.05, 0.1) is 5.57 Å². The summed E-state index contributed by atoms with van der Waals surface area (Å²) in [6.07, 6.45) is 22.1. The van der Waals surface area contributed by atoms with E-state index in [1.54, 1.807) is 0 Å². The normalized spacial score (nSPS) is 42.8. The fourth-order valence-corrected chi connectivity index (χ4v) is 7.96. The lowest BCUT2D eigenvalue weighted by Crippen LogP contribution is -2.55. The van der Waals surface area contributed by atoms with Gasteiger partial charge in [-0.2, -0.15) is 0 Å². The van der Waals surface area contributed by atoms with Crippen molar-refractivity contribution in [2.24, 2.45) is 28.6 Å². The van der Waals surface area contributed by atoms with Crippen LogP contribution < -0.4 is 0 Å². The van der Waals surface area contributed by atoms with Gasteiger partial charge in [-0.15, -0.1) is 6.42 Å². The lowest BCUT2D eigenvalue weighted by molar-refractivity contribution is -0.166. The Kier molecular flexibility index (Phi) is 4.97. The van der Waals surface area contributed by atoms with Gasteiger partial charge in [0.25, 0.3) is 0 Å². The average molecular weight is 434 g/mol. The number of ketones is 1. The molecule has 0 amide bonds. The molecule has 0 spiro atoms. The highest BCUT2D eigenvalue weighted by Gasteiger charge is 2.65. The predicted octanol–water partition coefficient (Wildman–Crippen LogP) is 5.17. The third kappa shape index (κ3) is 2.96. The third-order valence-electron chi connectivity index (χ3n) is 9.86. The van der Waals surface area contributed by atoms with Gasteiger partial charge in [0.15, 0.2) is 5.60 Å². The van der Waals surface area contributed by atoms with Crippen LogP contribution in [0.15, 0.2) is 35.7 Å². The third-order valence-corrected chi connectivity index (χ3v) is 9.86. The number of ether oxygens (including phenoxy) is 1. The topological polar surface area (TPSA) is 46.6 Å². The van der Waals surface area contributed by atoms with Gasteiger partial charge in [-0.25, -0.2) is 4.79 Å². The van der Waals surface area contributed by atoms with Crippen LogP contribution in [0.4, 0.5) is 0 Å². The van der Waals surface area contributed by atoms with E-state index in [1.165, 1.54) is 5.57 Å². The Bertz CT molecular complexity index is 983. The van der Waals surface area contributed by atoms with Crippen LogP contribution in [0.2, 0.25) is 0 Å². The zero-order chi connectivity index (χ0) is 22.7. The molecule has 1 heterocycles. The summed E-state index contributed by atoms with van der Waals surface area (Å²) in [5, 5.41) is 0. The zero-order valence-corrected chi connectivity index (χ0v) is 19.7. The maximum absolute atomic E-state index is 13.1. The Morgan fingerprint density at radius 2 is 2.00 bits per heavy atom. The number of hydrogen-bond donors (Lipinski definition) is 0. The molecule has 3 fully saturated rings. The van der Waals surface area contributed by atoms with Crippen molar-refractivity contribution in [1.29, 1.82) is 0 Å². The molecule has 5 aliphatic rings. The van der Waals surface area contributed by atoms with Crippen molar-refractivity contribution < 1.29 is 14.3 Å². The van der Waals surface area contributed by atoms with Gasteiger partial charge in [-0.05, 0) is 67.9 Å². The lowest BCUT2D eigenvalue weighted by Gasteiger charge is -2.58. The highest BCUT2D eigenvalue weighted by Crippen LogP contribution is 2.67. The summed E-state index contributed by atoms with van der Waals surface area (Å²) < 4.78 is 6.27. The van der Waals surface area contributed by atoms with E-state index in [1.807, 2.05) is 30.4 Å². The van der Waals surface area contributed by atoms with Crippen LogP contribution in [0.1, 0.15) is 71.6 Å². The highest BCUT2D eigenvalue weighted by molar-refractivity contribution is 5.89. The van der Waals surface area contributed by atoms with Crippen LogP contribution in [0.25, 0.3) is 0 Å². The summed E-state index contributed by atoms with van der Waals surface area (Å²) in [7, 11) is 1.92. The number of carbonyl (C=O) groups is 2. The molecule has 4 nitrogen and oxygen atoms in total. The molecule has 0 saturated heterocycles. The Hall–Kier alpha value is -2.28. The van der Waals surface area contributed by atoms with Gasteiger partial charge in [0.1, 0.15) is 5.78 Å². The van der Waals surface area contributed by atoms with Crippen LogP contribution in [0.5, 0.6) is 0 Å². The molecule has 32 heavy (non-hydrogen) atoms. The molecule has 4 aliphatic carbocycles. The first-order chi connectivity index (χ1) is 15.2. The molecule has 1 aliphatic heterocycles. The van der Waals surface area contributed by atoms with Crippen LogP contribution in [0.3, 0.4) is 0 Å². The standard InChI is InChI=1S/C28H35NO3/c1-5-28(32-25(31)19-7-6-16-29(4)18-19)15-12-24-22-9-8-20-17-21(30)10-13-26(20,2)23(22)11-14-27(24,28)3/h1,6,8,16,18,22-24H,7,9-15,17H2,2-4H3/t22?,23?,24?,26?,27?,28-/m0/s1. The fraction of sp³-hybridized carbons (Fsp3) is 0.643. The fourth-order valence-electron chi connectivity index (χ4n) is 7.96. The summed E-state index contributed by atoms with van der Waals surface area (Å²) >= 11 is 0. The van der Waals surface area contributed by atoms with E-state index in [2.05, 4.69) is 25.8 Å².